The van der Waals surface area contributed by atoms with Crippen LogP contribution in [0.4, 0.5) is 0 Å². The second-order valence-corrected chi connectivity index (χ2v) is 3.90. The van der Waals surface area contributed by atoms with Gasteiger partial charge in [0.2, 0.25) is 5.88 Å². The van der Waals surface area contributed by atoms with Crippen LogP contribution < -0.4 is 4.74 Å². The third-order valence-corrected chi connectivity index (χ3v) is 2.46. The molecule has 0 saturated heterocycles. The smallest absolute Gasteiger partial charge is 0.213 e. The maximum absolute atomic E-state index is 5.37. The Morgan fingerprint density at radius 1 is 1.28 bits per heavy atom. The largest absolute Gasteiger partial charge is 0.478 e. The standard InChI is InChI=1S/C12H17N5O/c1-3-6-11-14-15-16-17(11)9-10-7-5-8-12(13-10)18-4-2/h5,7-8H,3-4,6,9H2,1-2H3. The fraction of sp³-hybridized carbons (Fsp3) is 0.500. The average molecular weight is 247 g/mol. The molecule has 0 aliphatic carbocycles. The average Bonchev–Trinajstić information content (AvgIpc) is 2.78. The van der Waals surface area contributed by atoms with Crippen LogP contribution in [0, 0.1) is 0 Å². The van der Waals surface area contributed by atoms with E-state index < -0.39 is 0 Å². The topological polar surface area (TPSA) is 65.7 Å². The first kappa shape index (κ1) is 12.5. The number of hydrogen-bond acceptors (Lipinski definition) is 5. The first-order valence-corrected chi connectivity index (χ1v) is 6.17. The van der Waals surface area contributed by atoms with Gasteiger partial charge in [0.15, 0.2) is 5.82 Å². The molecular weight excluding hydrogens is 230 g/mol. The molecule has 0 fully saturated rings. The van der Waals surface area contributed by atoms with Gasteiger partial charge in [0.05, 0.1) is 18.8 Å². The Bertz CT molecular complexity index is 497. The van der Waals surface area contributed by atoms with E-state index in [-0.39, 0.29) is 0 Å². The molecule has 0 amide bonds. The van der Waals surface area contributed by atoms with E-state index in [9.17, 15) is 0 Å². The molecule has 0 radical (unpaired) electrons. The molecule has 0 atom stereocenters. The lowest BCUT2D eigenvalue weighted by molar-refractivity contribution is 0.325. The van der Waals surface area contributed by atoms with Crippen LogP contribution in [0.2, 0.25) is 0 Å². The van der Waals surface area contributed by atoms with Gasteiger partial charge in [-0.1, -0.05) is 13.0 Å². The Kier molecular flexibility index (Phi) is 4.22. The molecule has 0 saturated carbocycles. The summed E-state index contributed by atoms with van der Waals surface area (Å²) in [7, 11) is 0. The van der Waals surface area contributed by atoms with Crippen LogP contribution in [0.3, 0.4) is 0 Å². The lowest BCUT2D eigenvalue weighted by atomic mass is 10.3. The van der Waals surface area contributed by atoms with Crippen molar-refractivity contribution in [2.75, 3.05) is 6.61 Å². The minimum atomic E-state index is 0.573. The highest BCUT2D eigenvalue weighted by atomic mass is 16.5. The predicted molar refractivity (Wildman–Crippen MR) is 66.3 cm³/mol. The van der Waals surface area contributed by atoms with Crippen LogP contribution in [-0.2, 0) is 13.0 Å². The van der Waals surface area contributed by atoms with Gasteiger partial charge in [-0.25, -0.2) is 9.67 Å². The lowest BCUT2D eigenvalue weighted by Crippen LogP contribution is -2.09. The fourth-order valence-electron chi connectivity index (χ4n) is 1.68. The van der Waals surface area contributed by atoms with Gasteiger partial charge < -0.3 is 4.74 Å². The maximum atomic E-state index is 5.37. The van der Waals surface area contributed by atoms with E-state index in [0.717, 1.165) is 24.4 Å². The van der Waals surface area contributed by atoms with Gasteiger partial charge in [-0.3, -0.25) is 0 Å². The molecule has 0 bridgehead atoms. The van der Waals surface area contributed by atoms with Gasteiger partial charge in [0, 0.05) is 12.5 Å². The van der Waals surface area contributed by atoms with Crippen LogP contribution in [0.5, 0.6) is 5.88 Å². The molecule has 2 heterocycles. The van der Waals surface area contributed by atoms with Gasteiger partial charge in [-0.2, -0.15) is 0 Å². The fourth-order valence-corrected chi connectivity index (χ4v) is 1.68. The summed E-state index contributed by atoms with van der Waals surface area (Å²) in [5, 5.41) is 11.7. The quantitative estimate of drug-likeness (QED) is 0.773. The van der Waals surface area contributed by atoms with E-state index in [1.807, 2.05) is 25.1 Å². The van der Waals surface area contributed by atoms with Gasteiger partial charge in [-0.05, 0) is 29.8 Å². The third-order valence-electron chi connectivity index (χ3n) is 2.46. The van der Waals surface area contributed by atoms with Crippen molar-refractivity contribution in [1.29, 1.82) is 0 Å². The third kappa shape index (κ3) is 3.03. The zero-order valence-corrected chi connectivity index (χ0v) is 10.7. The molecule has 6 heteroatoms. The van der Waals surface area contributed by atoms with E-state index >= 15 is 0 Å². The van der Waals surface area contributed by atoms with Crippen molar-refractivity contribution < 1.29 is 4.74 Å². The normalized spacial score (nSPS) is 10.6. The summed E-state index contributed by atoms with van der Waals surface area (Å²) in [6.45, 7) is 5.23. The molecule has 0 aliphatic rings. The summed E-state index contributed by atoms with van der Waals surface area (Å²) in [5.41, 5.74) is 0.894. The summed E-state index contributed by atoms with van der Waals surface area (Å²) in [6.07, 6.45) is 1.89. The summed E-state index contributed by atoms with van der Waals surface area (Å²) < 4.78 is 7.15. The van der Waals surface area contributed by atoms with Gasteiger partial charge in [-0.15, -0.1) is 5.10 Å². The molecule has 0 spiro atoms. The second kappa shape index (κ2) is 6.09. The van der Waals surface area contributed by atoms with E-state index in [4.69, 9.17) is 4.74 Å². The highest BCUT2D eigenvalue weighted by Crippen LogP contribution is 2.09. The first-order chi connectivity index (χ1) is 8.83. The zero-order chi connectivity index (χ0) is 12.8. The Labute approximate surface area is 106 Å². The summed E-state index contributed by atoms with van der Waals surface area (Å²) in [5.74, 6) is 1.53. The van der Waals surface area contributed by atoms with Crippen LogP contribution in [-0.4, -0.2) is 31.8 Å². The van der Waals surface area contributed by atoms with Crippen molar-refractivity contribution in [2.45, 2.75) is 33.2 Å². The number of aromatic nitrogens is 5. The molecule has 96 valence electrons. The second-order valence-electron chi connectivity index (χ2n) is 3.90. The SMILES string of the molecule is CCCc1nnnn1Cc1cccc(OCC)n1. The minimum absolute atomic E-state index is 0.573. The lowest BCUT2D eigenvalue weighted by Gasteiger charge is -2.06. The number of rotatable bonds is 6. The highest BCUT2D eigenvalue weighted by Gasteiger charge is 2.07. The van der Waals surface area contributed by atoms with Crippen molar-refractivity contribution in [1.82, 2.24) is 25.2 Å². The summed E-state index contributed by atoms with van der Waals surface area (Å²) in [6, 6.07) is 5.72. The number of hydrogen-bond donors (Lipinski definition) is 0. The number of pyridine rings is 1. The number of nitrogens with zero attached hydrogens (tertiary/aromatic N) is 5. The van der Waals surface area contributed by atoms with Gasteiger partial charge >= 0.3 is 0 Å². The van der Waals surface area contributed by atoms with Crippen molar-refractivity contribution in [3.8, 4) is 5.88 Å². The minimum Gasteiger partial charge on any atom is -0.478 e. The molecular formula is C12H17N5O. The van der Waals surface area contributed by atoms with Crippen molar-refractivity contribution in [2.24, 2.45) is 0 Å². The van der Waals surface area contributed by atoms with Crippen LogP contribution in [0.1, 0.15) is 31.8 Å². The molecule has 2 aromatic rings. The summed E-state index contributed by atoms with van der Waals surface area (Å²) in [4.78, 5) is 4.40. The number of ether oxygens (including phenoxy) is 1. The van der Waals surface area contributed by atoms with Crippen LogP contribution in [0.15, 0.2) is 18.2 Å². The van der Waals surface area contributed by atoms with Gasteiger partial charge in [0.1, 0.15) is 0 Å². The molecule has 0 aliphatic heterocycles. The maximum Gasteiger partial charge on any atom is 0.213 e. The van der Waals surface area contributed by atoms with Crippen molar-refractivity contribution >= 4 is 0 Å². The monoisotopic (exact) mass is 247 g/mol. The zero-order valence-electron chi connectivity index (χ0n) is 10.7. The number of tetrazole rings is 1. The van der Waals surface area contributed by atoms with Crippen LogP contribution >= 0.6 is 0 Å². The van der Waals surface area contributed by atoms with E-state index in [0.29, 0.717) is 19.0 Å². The first-order valence-electron chi connectivity index (χ1n) is 6.17. The molecule has 18 heavy (non-hydrogen) atoms. The molecule has 6 nitrogen and oxygen atoms in total. The Hall–Kier alpha value is -1.98. The Morgan fingerprint density at radius 3 is 2.94 bits per heavy atom. The van der Waals surface area contributed by atoms with Crippen molar-refractivity contribution in [3.63, 3.8) is 0 Å². The number of aryl methyl sites for hydroxylation is 1. The highest BCUT2D eigenvalue weighted by molar-refractivity contribution is 5.16. The Balaban J connectivity index is 2.12. The van der Waals surface area contributed by atoms with E-state index in [2.05, 4.69) is 27.4 Å². The van der Waals surface area contributed by atoms with E-state index in [1.165, 1.54) is 0 Å². The van der Waals surface area contributed by atoms with Gasteiger partial charge in [0.25, 0.3) is 0 Å². The molecule has 2 aromatic heterocycles. The van der Waals surface area contributed by atoms with Crippen LogP contribution in [0.25, 0.3) is 0 Å². The van der Waals surface area contributed by atoms with Crippen molar-refractivity contribution in [3.05, 3.63) is 29.7 Å². The predicted octanol–water partition coefficient (Wildman–Crippen LogP) is 1.47. The molecule has 0 N–H and O–H groups in total. The molecule has 2 rings (SSSR count). The molecule has 0 aromatic carbocycles. The Morgan fingerprint density at radius 2 is 2.17 bits per heavy atom. The van der Waals surface area contributed by atoms with E-state index in [1.54, 1.807) is 4.68 Å². The molecule has 0 unspecified atom stereocenters. The summed E-state index contributed by atoms with van der Waals surface area (Å²) >= 11 is 0.